The predicted molar refractivity (Wildman–Crippen MR) is 129 cm³/mol. The molecule has 1 aromatic heterocycles. The number of nitriles is 1. The maximum absolute atomic E-state index is 13.0. The number of aryl methyl sites for hydroxylation is 1. The van der Waals surface area contributed by atoms with E-state index in [0.29, 0.717) is 24.6 Å². The van der Waals surface area contributed by atoms with Gasteiger partial charge in [0, 0.05) is 18.3 Å². The molecule has 1 aliphatic heterocycles. The van der Waals surface area contributed by atoms with Crippen LogP contribution in [-0.2, 0) is 13.1 Å². The van der Waals surface area contributed by atoms with Gasteiger partial charge in [-0.2, -0.15) is 5.26 Å². The summed E-state index contributed by atoms with van der Waals surface area (Å²) in [5, 5.41) is 9.38. The molecule has 0 radical (unpaired) electrons. The molecule has 1 aliphatic rings. The normalized spacial score (nSPS) is 14.8. The first kappa shape index (κ1) is 22.8. The molecular weight excluding hydrogens is 412 g/mol. The Morgan fingerprint density at radius 3 is 2.39 bits per heavy atom. The number of likely N-dealkylation sites (tertiary alicyclic amines) is 1. The van der Waals surface area contributed by atoms with Crippen LogP contribution in [0.4, 0.5) is 0 Å². The van der Waals surface area contributed by atoms with Gasteiger partial charge in [-0.05, 0) is 68.9 Å². The second kappa shape index (κ2) is 10.5. The van der Waals surface area contributed by atoms with E-state index in [1.807, 2.05) is 48.5 Å². The van der Waals surface area contributed by atoms with Crippen LogP contribution in [0.2, 0.25) is 0 Å². The number of nitrogens with zero attached hydrogens (tertiary/aromatic N) is 4. The lowest BCUT2D eigenvalue weighted by Gasteiger charge is -2.32. The highest BCUT2D eigenvalue weighted by atomic mass is 16.2. The van der Waals surface area contributed by atoms with Crippen LogP contribution in [0.25, 0.3) is 0 Å². The number of benzene rings is 2. The van der Waals surface area contributed by atoms with Crippen LogP contribution >= 0.6 is 0 Å². The molecule has 6 nitrogen and oxygen atoms in total. The molecular formula is C27H30N4O2. The van der Waals surface area contributed by atoms with E-state index < -0.39 is 0 Å². The molecule has 0 spiro atoms. The van der Waals surface area contributed by atoms with Gasteiger partial charge >= 0.3 is 5.69 Å². The summed E-state index contributed by atoms with van der Waals surface area (Å²) in [7, 11) is 0. The Labute approximate surface area is 194 Å². The van der Waals surface area contributed by atoms with Gasteiger partial charge < -0.3 is 4.90 Å². The minimum absolute atomic E-state index is 0.198. The molecule has 1 saturated heterocycles. The first-order chi connectivity index (χ1) is 16.1. The fourth-order valence-electron chi connectivity index (χ4n) is 4.76. The monoisotopic (exact) mass is 442 g/mol. The van der Waals surface area contributed by atoms with Gasteiger partial charge in [-0.3, -0.25) is 13.9 Å². The first-order valence-electron chi connectivity index (χ1n) is 11.6. The Morgan fingerprint density at radius 2 is 1.67 bits per heavy atom. The van der Waals surface area contributed by atoms with Crippen molar-refractivity contribution in [3.05, 3.63) is 104 Å². The highest BCUT2D eigenvalue weighted by molar-refractivity contribution is 5.39. The molecule has 2 aromatic carbocycles. The summed E-state index contributed by atoms with van der Waals surface area (Å²) in [5.74, 6) is 0.418. The fourth-order valence-corrected chi connectivity index (χ4v) is 4.76. The third-order valence-corrected chi connectivity index (χ3v) is 6.57. The maximum atomic E-state index is 13.0. The average Bonchev–Trinajstić information content (AvgIpc) is 2.85. The van der Waals surface area contributed by atoms with Crippen LogP contribution < -0.4 is 11.2 Å². The van der Waals surface area contributed by atoms with Crippen molar-refractivity contribution in [3.63, 3.8) is 0 Å². The molecule has 0 saturated carbocycles. The van der Waals surface area contributed by atoms with Crippen LogP contribution in [0.5, 0.6) is 0 Å². The van der Waals surface area contributed by atoms with Gasteiger partial charge in [0.2, 0.25) is 0 Å². The van der Waals surface area contributed by atoms with E-state index in [4.69, 9.17) is 0 Å². The molecule has 170 valence electrons. The summed E-state index contributed by atoms with van der Waals surface area (Å²) < 4.78 is 3.01. The summed E-state index contributed by atoms with van der Waals surface area (Å²) >= 11 is 0. The van der Waals surface area contributed by atoms with Gasteiger partial charge in [-0.1, -0.05) is 48.5 Å². The number of hydrogen-bond acceptors (Lipinski definition) is 4. The van der Waals surface area contributed by atoms with Crippen molar-refractivity contribution in [1.82, 2.24) is 14.0 Å². The third kappa shape index (κ3) is 5.32. The van der Waals surface area contributed by atoms with Crippen molar-refractivity contribution in [2.24, 2.45) is 0 Å². The molecule has 3 aromatic rings. The van der Waals surface area contributed by atoms with E-state index in [9.17, 15) is 14.9 Å². The molecule has 0 bridgehead atoms. The Kier molecular flexibility index (Phi) is 7.21. The molecule has 1 fully saturated rings. The number of hydrogen-bond donors (Lipinski definition) is 0. The van der Waals surface area contributed by atoms with E-state index in [0.717, 1.165) is 55.6 Å². The van der Waals surface area contributed by atoms with Crippen LogP contribution in [0.3, 0.4) is 0 Å². The summed E-state index contributed by atoms with van der Waals surface area (Å²) in [6, 6.07) is 20.0. The molecule has 4 rings (SSSR count). The topological polar surface area (TPSA) is 71.0 Å². The Balaban J connectivity index is 1.36. The largest absolute Gasteiger partial charge is 0.331 e. The van der Waals surface area contributed by atoms with Gasteiger partial charge in [0.25, 0.3) is 5.56 Å². The Hall–Kier alpha value is -3.43. The summed E-state index contributed by atoms with van der Waals surface area (Å²) in [6.07, 6.45) is 4.46. The molecule has 0 amide bonds. The van der Waals surface area contributed by atoms with Crippen molar-refractivity contribution >= 4 is 0 Å². The minimum Gasteiger partial charge on any atom is -0.303 e. The number of piperidine rings is 1. The SMILES string of the molecule is Cc1cn(Cc2ccccc2)c(=O)n(CCCN2CCC(c3ccccc3C#N)CC2)c1=O. The summed E-state index contributed by atoms with van der Waals surface area (Å²) in [4.78, 5) is 28.0. The third-order valence-electron chi connectivity index (χ3n) is 6.57. The van der Waals surface area contributed by atoms with Crippen LogP contribution in [0.1, 0.15) is 47.4 Å². The molecule has 0 unspecified atom stereocenters. The lowest BCUT2D eigenvalue weighted by Crippen LogP contribution is -2.42. The smallest absolute Gasteiger partial charge is 0.303 e. The molecule has 2 heterocycles. The highest BCUT2D eigenvalue weighted by Crippen LogP contribution is 2.30. The van der Waals surface area contributed by atoms with Crippen molar-refractivity contribution in [2.75, 3.05) is 19.6 Å². The zero-order valence-electron chi connectivity index (χ0n) is 19.1. The number of rotatable bonds is 7. The van der Waals surface area contributed by atoms with E-state index in [-0.39, 0.29) is 11.2 Å². The maximum Gasteiger partial charge on any atom is 0.331 e. The zero-order chi connectivity index (χ0) is 23.2. The van der Waals surface area contributed by atoms with Gasteiger partial charge in [-0.15, -0.1) is 0 Å². The van der Waals surface area contributed by atoms with Crippen molar-refractivity contribution in [3.8, 4) is 6.07 Å². The Morgan fingerprint density at radius 1 is 0.970 bits per heavy atom. The molecule has 0 atom stereocenters. The van der Waals surface area contributed by atoms with E-state index >= 15 is 0 Å². The average molecular weight is 443 g/mol. The van der Waals surface area contributed by atoms with Crippen molar-refractivity contribution in [1.29, 1.82) is 5.26 Å². The molecule has 0 N–H and O–H groups in total. The molecule has 0 aliphatic carbocycles. The molecule has 33 heavy (non-hydrogen) atoms. The van der Waals surface area contributed by atoms with Crippen LogP contribution in [0.15, 0.2) is 70.4 Å². The quantitative estimate of drug-likeness (QED) is 0.561. The zero-order valence-corrected chi connectivity index (χ0v) is 19.1. The van der Waals surface area contributed by atoms with Gasteiger partial charge in [0.05, 0.1) is 18.2 Å². The van der Waals surface area contributed by atoms with Crippen LogP contribution in [-0.4, -0.2) is 33.7 Å². The predicted octanol–water partition coefficient (Wildman–Crippen LogP) is 3.51. The Bertz CT molecular complexity index is 1250. The second-order valence-corrected chi connectivity index (χ2v) is 8.83. The van der Waals surface area contributed by atoms with E-state index in [2.05, 4.69) is 17.0 Å². The summed E-state index contributed by atoms with van der Waals surface area (Å²) in [6.45, 7) is 5.43. The van der Waals surface area contributed by atoms with Gasteiger partial charge in [0.1, 0.15) is 0 Å². The lowest BCUT2D eigenvalue weighted by molar-refractivity contribution is 0.206. The van der Waals surface area contributed by atoms with E-state index in [1.165, 1.54) is 4.57 Å². The fraction of sp³-hybridized carbons (Fsp3) is 0.370. The van der Waals surface area contributed by atoms with Crippen molar-refractivity contribution in [2.45, 2.75) is 45.2 Å². The first-order valence-corrected chi connectivity index (χ1v) is 11.6. The standard InChI is InChI=1S/C27H30N4O2/c1-21-19-30(20-22-8-3-2-4-9-22)27(33)31(26(21)32)15-7-14-29-16-12-23(13-17-29)25-11-6-5-10-24(25)18-28/h2-6,8-11,19,23H,7,12-17,20H2,1H3. The second-order valence-electron chi connectivity index (χ2n) is 8.83. The number of aromatic nitrogens is 2. The molecule has 6 heteroatoms. The van der Waals surface area contributed by atoms with Gasteiger partial charge in [0.15, 0.2) is 0 Å². The highest BCUT2D eigenvalue weighted by Gasteiger charge is 2.22. The van der Waals surface area contributed by atoms with Gasteiger partial charge in [-0.25, -0.2) is 4.79 Å². The van der Waals surface area contributed by atoms with E-state index in [1.54, 1.807) is 17.7 Å². The van der Waals surface area contributed by atoms with Crippen molar-refractivity contribution < 1.29 is 0 Å². The summed E-state index contributed by atoms with van der Waals surface area (Å²) in [5.41, 5.74) is 3.11. The minimum atomic E-state index is -0.249. The van der Waals surface area contributed by atoms with Crippen LogP contribution in [0, 0.1) is 18.3 Å². The lowest BCUT2D eigenvalue weighted by atomic mass is 9.87.